The molecule has 1 fully saturated rings. The molecule has 1 heterocycles. The van der Waals surface area contributed by atoms with Gasteiger partial charge in [0.05, 0.1) is 6.61 Å². The zero-order valence-corrected chi connectivity index (χ0v) is 11.1. The van der Waals surface area contributed by atoms with Gasteiger partial charge in [-0.3, -0.25) is 19.3 Å². The summed E-state index contributed by atoms with van der Waals surface area (Å²) < 4.78 is 0. The van der Waals surface area contributed by atoms with E-state index in [1.54, 1.807) is 13.8 Å². The maximum absolute atomic E-state index is 11.8. The lowest BCUT2D eigenvalue weighted by Crippen LogP contribution is -2.43. The van der Waals surface area contributed by atoms with E-state index in [2.05, 4.69) is 10.8 Å². The first kappa shape index (κ1) is 14.4. The molecule has 0 radical (unpaired) electrons. The first-order chi connectivity index (χ1) is 8.24. The van der Waals surface area contributed by atoms with E-state index in [1.807, 2.05) is 13.8 Å². The van der Waals surface area contributed by atoms with Gasteiger partial charge in [-0.25, -0.2) is 10.3 Å². The predicted molar refractivity (Wildman–Crippen MR) is 63.3 cm³/mol. The van der Waals surface area contributed by atoms with Crippen LogP contribution in [0.25, 0.3) is 0 Å². The molecule has 1 rings (SSSR count). The summed E-state index contributed by atoms with van der Waals surface area (Å²) in [5.74, 6) is -0.677. The quantitative estimate of drug-likeness (QED) is 0.537. The molecule has 7 heteroatoms. The number of carbonyl (C=O) groups is 3. The van der Waals surface area contributed by atoms with Gasteiger partial charge in [-0.2, -0.15) is 0 Å². The highest BCUT2D eigenvalue weighted by molar-refractivity contribution is 6.08. The molecule has 0 aromatic rings. The number of hydroxylamine groups is 1. The van der Waals surface area contributed by atoms with E-state index in [9.17, 15) is 14.4 Å². The van der Waals surface area contributed by atoms with Gasteiger partial charge in [-0.1, -0.05) is 13.8 Å². The van der Waals surface area contributed by atoms with E-state index in [-0.39, 0.29) is 12.5 Å². The monoisotopic (exact) mass is 257 g/mol. The van der Waals surface area contributed by atoms with Crippen molar-refractivity contribution in [3.63, 3.8) is 0 Å². The van der Waals surface area contributed by atoms with Crippen molar-refractivity contribution < 1.29 is 19.2 Å². The van der Waals surface area contributed by atoms with Crippen molar-refractivity contribution >= 4 is 17.8 Å². The van der Waals surface area contributed by atoms with Gasteiger partial charge in [0.15, 0.2) is 0 Å². The second-order valence-electron chi connectivity index (χ2n) is 5.18. The Balaban J connectivity index is 2.45. The van der Waals surface area contributed by atoms with Crippen LogP contribution in [-0.4, -0.2) is 41.4 Å². The molecule has 1 saturated heterocycles. The Hall–Kier alpha value is -1.63. The van der Waals surface area contributed by atoms with E-state index >= 15 is 0 Å². The van der Waals surface area contributed by atoms with Gasteiger partial charge < -0.3 is 5.32 Å². The normalized spacial score (nSPS) is 18.2. The molecule has 1 aliphatic rings. The first-order valence-corrected chi connectivity index (χ1v) is 5.79. The summed E-state index contributed by atoms with van der Waals surface area (Å²) in [4.78, 5) is 40.5. The molecule has 7 nitrogen and oxygen atoms in total. The van der Waals surface area contributed by atoms with Crippen molar-refractivity contribution in [1.82, 2.24) is 15.7 Å². The lowest BCUT2D eigenvalue weighted by atomic mass is 10.1. The maximum atomic E-state index is 11.8. The van der Waals surface area contributed by atoms with Crippen LogP contribution in [0.3, 0.4) is 0 Å². The van der Waals surface area contributed by atoms with Crippen molar-refractivity contribution in [2.75, 3.05) is 13.2 Å². The molecule has 0 spiro atoms. The molecule has 0 bridgehead atoms. The number of rotatable bonds is 5. The zero-order valence-electron chi connectivity index (χ0n) is 11.1. The summed E-state index contributed by atoms with van der Waals surface area (Å²) in [5, 5.41) is 2.49. The molecular weight excluding hydrogens is 238 g/mol. The van der Waals surface area contributed by atoms with Crippen molar-refractivity contribution in [2.24, 2.45) is 5.92 Å². The topological polar surface area (TPSA) is 87.7 Å². The lowest BCUT2D eigenvalue weighted by molar-refractivity contribution is -0.140. The number of hydrogen-bond donors (Lipinski definition) is 2. The second-order valence-corrected chi connectivity index (χ2v) is 5.18. The van der Waals surface area contributed by atoms with E-state index < -0.39 is 23.4 Å². The number of nitrogens with zero attached hydrogens (tertiary/aromatic N) is 1. The summed E-state index contributed by atoms with van der Waals surface area (Å²) in [5.41, 5.74) is 1.23. The summed E-state index contributed by atoms with van der Waals surface area (Å²) in [6.07, 6.45) is 0. The van der Waals surface area contributed by atoms with Gasteiger partial charge in [-0.05, 0) is 19.8 Å². The third-order valence-electron chi connectivity index (χ3n) is 2.35. The summed E-state index contributed by atoms with van der Waals surface area (Å²) >= 11 is 0. The number of amides is 4. The molecule has 2 N–H and O–H groups in total. The van der Waals surface area contributed by atoms with E-state index in [0.29, 0.717) is 6.61 Å². The van der Waals surface area contributed by atoms with Gasteiger partial charge in [0.1, 0.15) is 12.1 Å². The number of hydrogen-bond acceptors (Lipinski definition) is 4. The van der Waals surface area contributed by atoms with Gasteiger partial charge in [-0.15, -0.1) is 0 Å². The van der Waals surface area contributed by atoms with Crippen LogP contribution in [-0.2, 0) is 14.4 Å². The average Bonchev–Trinajstić information content (AvgIpc) is 2.40. The molecule has 0 saturated carbocycles. The highest BCUT2D eigenvalue weighted by Crippen LogP contribution is 2.15. The molecule has 0 unspecified atom stereocenters. The van der Waals surface area contributed by atoms with Crippen LogP contribution in [0.5, 0.6) is 0 Å². The Morgan fingerprint density at radius 1 is 1.44 bits per heavy atom. The van der Waals surface area contributed by atoms with Crippen LogP contribution in [0.4, 0.5) is 4.79 Å². The first-order valence-electron chi connectivity index (χ1n) is 5.79. The maximum Gasteiger partial charge on any atom is 0.325 e. The highest BCUT2D eigenvalue weighted by atomic mass is 16.7. The van der Waals surface area contributed by atoms with Crippen LogP contribution in [0.1, 0.15) is 27.7 Å². The predicted octanol–water partition coefficient (Wildman–Crippen LogP) is 0.0206. The number of imide groups is 1. The molecule has 0 atom stereocenters. The van der Waals surface area contributed by atoms with Crippen LogP contribution >= 0.6 is 0 Å². The largest absolute Gasteiger partial charge is 0.325 e. The third-order valence-corrected chi connectivity index (χ3v) is 2.35. The Morgan fingerprint density at radius 2 is 2.06 bits per heavy atom. The van der Waals surface area contributed by atoms with Crippen LogP contribution in [0, 0.1) is 5.92 Å². The molecule has 1 aliphatic heterocycles. The summed E-state index contributed by atoms with van der Waals surface area (Å²) in [6, 6.07) is -0.566. The van der Waals surface area contributed by atoms with Crippen molar-refractivity contribution in [2.45, 2.75) is 33.2 Å². The van der Waals surface area contributed by atoms with Gasteiger partial charge >= 0.3 is 6.03 Å². The van der Waals surface area contributed by atoms with Crippen LogP contribution < -0.4 is 10.8 Å². The average molecular weight is 257 g/mol. The highest BCUT2D eigenvalue weighted by Gasteiger charge is 2.44. The number of urea groups is 1. The Labute approximate surface area is 106 Å². The van der Waals surface area contributed by atoms with Gasteiger partial charge in [0, 0.05) is 0 Å². The smallest absolute Gasteiger partial charge is 0.324 e. The summed E-state index contributed by atoms with van der Waals surface area (Å²) in [6.45, 7) is 7.07. The molecule has 18 heavy (non-hydrogen) atoms. The van der Waals surface area contributed by atoms with E-state index in [1.165, 1.54) is 0 Å². The summed E-state index contributed by atoms with van der Waals surface area (Å²) in [7, 11) is 0. The van der Waals surface area contributed by atoms with Crippen molar-refractivity contribution in [3.8, 4) is 0 Å². The van der Waals surface area contributed by atoms with E-state index in [0.717, 1.165) is 4.90 Å². The fraction of sp³-hybridized carbons (Fsp3) is 0.727. The molecule has 0 aliphatic carbocycles. The molecular formula is C11H19N3O4. The van der Waals surface area contributed by atoms with Crippen molar-refractivity contribution in [1.29, 1.82) is 0 Å². The number of carbonyl (C=O) groups excluding carboxylic acids is 3. The van der Waals surface area contributed by atoms with Gasteiger partial charge in [0.25, 0.3) is 11.8 Å². The minimum absolute atomic E-state index is 0.279. The fourth-order valence-corrected chi connectivity index (χ4v) is 1.43. The minimum Gasteiger partial charge on any atom is -0.324 e. The zero-order chi connectivity index (χ0) is 13.9. The second kappa shape index (κ2) is 5.34. The molecule has 0 aromatic carbocycles. The number of nitrogens with one attached hydrogen (secondary N) is 2. The third kappa shape index (κ3) is 3.43. The Morgan fingerprint density at radius 3 is 2.50 bits per heavy atom. The van der Waals surface area contributed by atoms with Crippen LogP contribution in [0.2, 0.25) is 0 Å². The molecule has 102 valence electrons. The fourth-order valence-electron chi connectivity index (χ4n) is 1.43. The van der Waals surface area contributed by atoms with Crippen LogP contribution in [0.15, 0.2) is 0 Å². The molecule has 4 amide bonds. The molecule has 0 aromatic heterocycles. The SMILES string of the molecule is CC(C)CONC(=O)CN1C(=O)NC(C)(C)C1=O. The van der Waals surface area contributed by atoms with Crippen molar-refractivity contribution in [3.05, 3.63) is 0 Å². The Kier molecular flexibility index (Phi) is 4.28. The standard InChI is InChI=1S/C11H19N3O4/c1-7(2)6-18-13-8(15)5-14-9(16)11(3,4)12-10(14)17/h7H,5-6H2,1-4H3,(H,12,17)(H,13,15). The van der Waals surface area contributed by atoms with E-state index in [4.69, 9.17) is 4.84 Å². The lowest BCUT2D eigenvalue weighted by Gasteiger charge is -2.15. The minimum atomic E-state index is -0.962. The van der Waals surface area contributed by atoms with Gasteiger partial charge in [0.2, 0.25) is 0 Å². The Bertz CT molecular complexity index is 365.